The van der Waals surface area contributed by atoms with Crippen LogP contribution in [0.3, 0.4) is 0 Å². The van der Waals surface area contributed by atoms with Crippen LogP contribution < -0.4 is 5.32 Å². The summed E-state index contributed by atoms with van der Waals surface area (Å²) in [7, 11) is 0. The van der Waals surface area contributed by atoms with E-state index in [1.54, 1.807) is 30.7 Å². The standard InChI is InChI=1S/C31H18F6N4/c32-30(33,34)22-8-4-18(5-9-22)25-14-21-17-39-29(40-27-3-1-2-20-16-38-13-12-24(20)27)41-28(21)15-26(25)19-6-10-23(11-7-19)31(35,36)37/h1-17H,(H,39,40,41). The smallest absolute Gasteiger partial charge is 0.324 e. The van der Waals surface area contributed by atoms with Crippen molar-refractivity contribution in [1.29, 1.82) is 0 Å². The van der Waals surface area contributed by atoms with Crippen molar-refractivity contribution in [2.45, 2.75) is 12.4 Å². The van der Waals surface area contributed by atoms with E-state index in [4.69, 9.17) is 0 Å². The molecule has 2 heterocycles. The number of alkyl halides is 6. The lowest BCUT2D eigenvalue weighted by Gasteiger charge is -2.15. The number of rotatable bonds is 4. The molecule has 2 aromatic heterocycles. The molecule has 0 aliphatic carbocycles. The minimum absolute atomic E-state index is 0.294. The predicted octanol–water partition coefficient (Wildman–Crippen LogP) is 9.29. The molecule has 1 N–H and O–H groups in total. The molecule has 0 unspecified atom stereocenters. The van der Waals surface area contributed by atoms with Crippen molar-refractivity contribution >= 4 is 33.3 Å². The van der Waals surface area contributed by atoms with Crippen molar-refractivity contribution in [3.05, 3.63) is 115 Å². The fourth-order valence-electron chi connectivity index (χ4n) is 4.65. The average Bonchev–Trinajstić information content (AvgIpc) is 2.96. The first kappa shape index (κ1) is 26.2. The van der Waals surface area contributed by atoms with Crippen molar-refractivity contribution in [3.63, 3.8) is 0 Å². The van der Waals surface area contributed by atoms with Crippen LogP contribution in [0, 0.1) is 0 Å². The summed E-state index contributed by atoms with van der Waals surface area (Å²) in [6.07, 6.45) is -4.02. The molecule has 4 aromatic carbocycles. The van der Waals surface area contributed by atoms with Crippen LogP contribution >= 0.6 is 0 Å². The summed E-state index contributed by atoms with van der Waals surface area (Å²) in [6.45, 7) is 0. The molecule has 10 heteroatoms. The van der Waals surface area contributed by atoms with E-state index in [1.165, 1.54) is 24.3 Å². The average molecular weight is 561 g/mol. The molecule has 0 atom stereocenters. The zero-order valence-electron chi connectivity index (χ0n) is 20.9. The molecule has 0 amide bonds. The van der Waals surface area contributed by atoms with Crippen molar-refractivity contribution in [2.75, 3.05) is 5.32 Å². The van der Waals surface area contributed by atoms with Gasteiger partial charge in [0.1, 0.15) is 0 Å². The van der Waals surface area contributed by atoms with Crippen LogP contribution in [0.5, 0.6) is 0 Å². The highest BCUT2D eigenvalue weighted by molar-refractivity contribution is 5.96. The van der Waals surface area contributed by atoms with Crippen LogP contribution in [-0.4, -0.2) is 15.0 Å². The summed E-state index contributed by atoms with van der Waals surface area (Å²) < 4.78 is 79.1. The Kier molecular flexibility index (Phi) is 6.33. The molecule has 204 valence electrons. The van der Waals surface area contributed by atoms with E-state index in [-0.39, 0.29) is 0 Å². The van der Waals surface area contributed by atoms with Gasteiger partial charge in [0.2, 0.25) is 5.95 Å². The molecule has 0 aliphatic heterocycles. The molecule has 4 nitrogen and oxygen atoms in total. The van der Waals surface area contributed by atoms with E-state index >= 15 is 0 Å². The maximum absolute atomic E-state index is 13.2. The van der Waals surface area contributed by atoms with E-state index in [2.05, 4.69) is 20.3 Å². The number of nitrogens with one attached hydrogen (secondary N) is 1. The van der Waals surface area contributed by atoms with Crippen LogP contribution in [0.2, 0.25) is 0 Å². The molecule has 6 aromatic rings. The summed E-state index contributed by atoms with van der Waals surface area (Å²) in [5, 5.41) is 5.64. The van der Waals surface area contributed by atoms with Crippen LogP contribution in [0.25, 0.3) is 43.9 Å². The van der Waals surface area contributed by atoms with Crippen molar-refractivity contribution < 1.29 is 26.3 Å². The molecule has 0 spiro atoms. The summed E-state index contributed by atoms with van der Waals surface area (Å²) in [5.74, 6) is 0.294. The Morgan fingerprint density at radius 1 is 0.610 bits per heavy atom. The first-order chi connectivity index (χ1) is 19.6. The molecular weight excluding hydrogens is 542 g/mol. The summed E-state index contributed by atoms with van der Waals surface area (Å²) in [6, 6.07) is 20.2. The lowest BCUT2D eigenvalue weighted by molar-refractivity contribution is -0.138. The van der Waals surface area contributed by atoms with Crippen LogP contribution in [0.4, 0.5) is 38.0 Å². The van der Waals surface area contributed by atoms with Gasteiger partial charge < -0.3 is 5.32 Å². The predicted molar refractivity (Wildman–Crippen MR) is 145 cm³/mol. The SMILES string of the molecule is FC(F)(F)c1ccc(-c2cc3cnc(Nc4cccc5cnccc45)nc3cc2-c2ccc(C(F)(F)F)cc2)cc1. The third kappa shape index (κ3) is 5.28. The number of pyridine rings is 1. The fraction of sp³-hybridized carbons (Fsp3) is 0.0645. The number of nitrogens with zero attached hydrogens (tertiary/aromatic N) is 3. The number of anilines is 2. The summed E-state index contributed by atoms with van der Waals surface area (Å²) in [4.78, 5) is 13.2. The van der Waals surface area contributed by atoms with E-state index in [0.717, 1.165) is 40.7 Å². The quantitative estimate of drug-likeness (QED) is 0.218. The summed E-state index contributed by atoms with van der Waals surface area (Å²) >= 11 is 0. The van der Waals surface area contributed by atoms with Crippen molar-refractivity contribution in [3.8, 4) is 22.3 Å². The van der Waals surface area contributed by atoms with Crippen molar-refractivity contribution in [2.24, 2.45) is 0 Å². The molecule has 0 saturated heterocycles. The van der Waals surface area contributed by atoms with E-state index in [1.807, 2.05) is 24.3 Å². The highest BCUT2D eigenvalue weighted by Crippen LogP contribution is 2.39. The molecule has 0 fully saturated rings. The van der Waals surface area contributed by atoms with Gasteiger partial charge in [0, 0.05) is 40.4 Å². The number of hydrogen-bond acceptors (Lipinski definition) is 4. The monoisotopic (exact) mass is 560 g/mol. The highest BCUT2D eigenvalue weighted by atomic mass is 19.4. The van der Waals surface area contributed by atoms with Gasteiger partial charge in [-0.05, 0) is 70.8 Å². The maximum Gasteiger partial charge on any atom is 0.416 e. The third-order valence-electron chi connectivity index (χ3n) is 6.69. The zero-order valence-corrected chi connectivity index (χ0v) is 20.9. The normalized spacial score (nSPS) is 12.1. The summed E-state index contributed by atoms with van der Waals surface area (Å²) in [5.41, 5.74) is 1.58. The van der Waals surface area contributed by atoms with Crippen molar-refractivity contribution in [1.82, 2.24) is 15.0 Å². The fourth-order valence-corrected chi connectivity index (χ4v) is 4.65. The lowest BCUT2D eigenvalue weighted by atomic mass is 9.92. The highest BCUT2D eigenvalue weighted by Gasteiger charge is 2.31. The number of benzene rings is 4. The first-order valence-corrected chi connectivity index (χ1v) is 12.3. The third-order valence-corrected chi connectivity index (χ3v) is 6.69. The van der Waals surface area contributed by atoms with Gasteiger partial charge in [-0.25, -0.2) is 9.97 Å². The van der Waals surface area contributed by atoms with Crippen LogP contribution in [-0.2, 0) is 12.4 Å². The molecular formula is C31H18F6N4. The number of halogens is 6. The molecule has 6 rings (SSSR count). The van der Waals surface area contributed by atoms with Gasteiger partial charge in [0.05, 0.1) is 16.6 Å². The Labute approximate surface area is 229 Å². The minimum Gasteiger partial charge on any atom is -0.324 e. The Balaban J connectivity index is 1.47. The molecule has 0 aliphatic rings. The number of aromatic nitrogens is 3. The van der Waals surface area contributed by atoms with E-state index < -0.39 is 23.5 Å². The topological polar surface area (TPSA) is 50.7 Å². The second kappa shape index (κ2) is 9.88. The second-order valence-electron chi connectivity index (χ2n) is 9.33. The van der Waals surface area contributed by atoms with E-state index in [0.29, 0.717) is 39.1 Å². The van der Waals surface area contributed by atoms with Crippen LogP contribution in [0.1, 0.15) is 11.1 Å². The van der Waals surface area contributed by atoms with Gasteiger partial charge in [-0.2, -0.15) is 26.3 Å². The van der Waals surface area contributed by atoms with Gasteiger partial charge in [-0.1, -0.05) is 36.4 Å². The second-order valence-corrected chi connectivity index (χ2v) is 9.33. The molecule has 0 saturated carbocycles. The van der Waals surface area contributed by atoms with Gasteiger partial charge in [-0.3, -0.25) is 4.98 Å². The Bertz CT molecular complexity index is 1870. The van der Waals surface area contributed by atoms with Gasteiger partial charge in [0.25, 0.3) is 0 Å². The lowest BCUT2D eigenvalue weighted by Crippen LogP contribution is -2.04. The molecule has 41 heavy (non-hydrogen) atoms. The Morgan fingerprint density at radius 3 is 1.83 bits per heavy atom. The molecule has 0 bridgehead atoms. The van der Waals surface area contributed by atoms with Gasteiger partial charge in [-0.15, -0.1) is 0 Å². The minimum atomic E-state index is -4.51. The first-order valence-electron chi connectivity index (χ1n) is 12.3. The van der Waals surface area contributed by atoms with Crippen LogP contribution in [0.15, 0.2) is 104 Å². The Hall–Kier alpha value is -4.99. The van der Waals surface area contributed by atoms with E-state index in [9.17, 15) is 26.3 Å². The number of hydrogen-bond donors (Lipinski definition) is 1. The molecule has 0 radical (unpaired) electrons. The maximum atomic E-state index is 13.2. The number of fused-ring (bicyclic) bond motifs is 2. The Morgan fingerprint density at radius 2 is 1.22 bits per heavy atom. The largest absolute Gasteiger partial charge is 0.416 e. The zero-order chi connectivity index (χ0) is 28.8. The van der Waals surface area contributed by atoms with Gasteiger partial charge >= 0.3 is 12.4 Å². The van der Waals surface area contributed by atoms with Gasteiger partial charge in [0.15, 0.2) is 0 Å².